The minimum atomic E-state index is -0.477. The fourth-order valence-corrected chi connectivity index (χ4v) is 1.26. The van der Waals surface area contributed by atoms with Gasteiger partial charge in [-0.05, 0) is 6.92 Å². The maximum atomic E-state index is 10.6. The highest BCUT2D eigenvalue weighted by Gasteiger charge is 2.11. The summed E-state index contributed by atoms with van der Waals surface area (Å²) in [5.41, 5.74) is 1.03. The molecule has 0 spiro atoms. The van der Waals surface area contributed by atoms with E-state index in [0.29, 0.717) is 11.1 Å². The highest BCUT2D eigenvalue weighted by molar-refractivity contribution is 6.49. The number of nitriles is 1. The van der Waals surface area contributed by atoms with E-state index in [1.54, 1.807) is 25.1 Å². The summed E-state index contributed by atoms with van der Waals surface area (Å²) >= 11 is 5.75. The second kappa shape index (κ2) is 4.58. The first-order valence-corrected chi connectivity index (χ1v) is 4.44. The molecule has 1 rings (SSSR count). The number of nitrogens with zero attached hydrogens (tertiary/aromatic N) is 2. The molecule has 0 amide bonds. The van der Waals surface area contributed by atoms with E-state index in [9.17, 15) is 10.1 Å². The first kappa shape index (κ1) is 11.2. The molecule has 0 aliphatic carbocycles. The molecule has 0 aliphatic heterocycles. The Bertz CT molecular complexity index is 475. The van der Waals surface area contributed by atoms with Gasteiger partial charge in [0.1, 0.15) is 0 Å². The lowest BCUT2D eigenvalue weighted by Crippen LogP contribution is -1.92. The lowest BCUT2D eigenvalue weighted by Gasteiger charge is -2.00. The van der Waals surface area contributed by atoms with Gasteiger partial charge in [0.2, 0.25) is 0 Å². The lowest BCUT2D eigenvalue weighted by atomic mass is 10.1. The molecule has 5 heteroatoms. The average molecular weight is 223 g/mol. The first-order chi connectivity index (χ1) is 7.06. The van der Waals surface area contributed by atoms with Crippen molar-refractivity contribution in [2.24, 2.45) is 0 Å². The van der Waals surface area contributed by atoms with Crippen molar-refractivity contribution < 1.29 is 4.92 Å². The summed E-state index contributed by atoms with van der Waals surface area (Å²) in [6, 6.07) is 6.35. The summed E-state index contributed by atoms with van der Waals surface area (Å²) in [5, 5.41) is 19.2. The van der Waals surface area contributed by atoms with E-state index in [1.165, 1.54) is 6.07 Å². The number of hydrogen-bond donors (Lipinski definition) is 0. The van der Waals surface area contributed by atoms with Gasteiger partial charge in [-0.1, -0.05) is 23.7 Å². The molecule has 0 radical (unpaired) electrons. The normalized spacial score (nSPS) is 10.9. The molecule has 0 atom stereocenters. The van der Waals surface area contributed by atoms with Crippen molar-refractivity contribution >= 4 is 22.3 Å². The molecule has 76 valence electrons. The molecule has 1 aromatic carbocycles. The monoisotopic (exact) mass is 222 g/mol. The summed E-state index contributed by atoms with van der Waals surface area (Å²) in [6.07, 6.45) is 1.13. The zero-order chi connectivity index (χ0) is 11.4. The fourth-order valence-electron chi connectivity index (χ4n) is 1.09. The maximum Gasteiger partial charge on any atom is 0.272 e. The third-order valence-electron chi connectivity index (χ3n) is 1.87. The molecule has 0 aromatic heterocycles. The molecule has 0 aliphatic rings. The number of rotatable bonds is 2. The van der Waals surface area contributed by atoms with Gasteiger partial charge in [0, 0.05) is 23.3 Å². The molecule has 0 bridgehead atoms. The molecule has 0 fully saturated rings. The van der Waals surface area contributed by atoms with Crippen molar-refractivity contribution in [3.8, 4) is 6.07 Å². The summed E-state index contributed by atoms with van der Waals surface area (Å²) < 4.78 is 0. The largest absolute Gasteiger partial charge is 0.272 e. The van der Waals surface area contributed by atoms with Gasteiger partial charge in [-0.3, -0.25) is 10.1 Å². The highest BCUT2D eigenvalue weighted by atomic mass is 35.5. The topological polar surface area (TPSA) is 66.9 Å². The minimum absolute atomic E-state index is 0.00279. The molecule has 0 saturated carbocycles. The molecular weight excluding hydrogens is 216 g/mol. The zero-order valence-electron chi connectivity index (χ0n) is 7.90. The van der Waals surface area contributed by atoms with Crippen LogP contribution in [0.3, 0.4) is 0 Å². The van der Waals surface area contributed by atoms with E-state index >= 15 is 0 Å². The van der Waals surface area contributed by atoms with E-state index in [0.717, 1.165) is 6.08 Å². The number of aryl methyl sites for hydroxylation is 1. The smallest absolute Gasteiger partial charge is 0.258 e. The number of nitro groups is 1. The number of allylic oxidation sites excluding steroid dienone is 1. The predicted molar refractivity (Wildman–Crippen MR) is 57.3 cm³/mol. The van der Waals surface area contributed by atoms with Gasteiger partial charge in [-0.25, -0.2) is 0 Å². The Hall–Kier alpha value is -1.86. The third kappa shape index (κ3) is 2.55. The van der Waals surface area contributed by atoms with Crippen LogP contribution in [0.1, 0.15) is 11.1 Å². The Morgan fingerprint density at radius 2 is 2.33 bits per heavy atom. The molecule has 0 heterocycles. The Morgan fingerprint density at radius 3 is 2.87 bits per heavy atom. The summed E-state index contributed by atoms with van der Waals surface area (Å²) in [5.74, 6) is 0. The molecule has 4 nitrogen and oxygen atoms in total. The van der Waals surface area contributed by atoms with Gasteiger partial charge < -0.3 is 0 Å². The SMILES string of the molecule is Cc1ccc(/C(Cl)=C/C#N)cc1[N+](=O)[O-]. The fraction of sp³-hybridized carbons (Fsp3) is 0.100. The van der Waals surface area contributed by atoms with Crippen LogP contribution in [0.25, 0.3) is 5.03 Å². The Morgan fingerprint density at radius 1 is 1.67 bits per heavy atom. The average Bonchev–Trinajstić information content (AvgIpc) is 2.18. The molecule has 0 unspecified atom stereocenters. The van der Waals surface area contributed by atoms with E-state index < -0.39 is 4.92 Å². The quantitative estimate of drug-likeness (QED) is 0.439. The van der Waals surface area contributed by atoms with Crippen LogP contribution < -0.4 is 0 Å². The minimum Gasteiger partial charge on any atom is -0.258 e. The van der Waals surface area contributed by atoms with Crippen LogP contribution >= 0.6 is 11.6 Å². The van der Waals surface area contributed by atoms with Crippen molar-refractivity contribution in [2.45, 2.75) is 6.92 Å². The van der Waals surface area contributed by atoms with Crippen LogP contribution in [0.15, 0.2) is 24.3 Å². The third-order valence-corrected chi connectivity index (χ3v) is 2.20. The van der Waals surface area contributed by atoms with Crippen molar-refractivity contribution in [2.75, 3.05) is 0 Å². The summed E-state index contributed by atoms with van der Waals surface area (Å²) in [6.45, 7) is 1.64. The summed E-state index contributed by atoms with van der Waals surface area (Å²) in [4.78, 5) is 10.2. The zero-order valence-corrected chi connectivity index (χ0v) is 8.65. The van der Waals surface area contributed by atoms with Crippen molar-refractivity contribution in [3.63, 3.8) is 0 Å². The van der Waals surface area contributed by atoms with Gasteiger partial charge in [-0.15, -0.1) is 0 Å². The number of benzene rings is 1. The highest BCUT2D eigenvalue weighted by Crippen LogP contribution is 2.25. The predicted octanol–water partition coefficient (Wildman–Crippen LogP) is 3.01. The van der Waals surface area contributed by atoms with E-state index in [-0.39, 0.29) is 10.7 Å². The second-order valence-electron chi connectivity index (χ2n) is 2.88. The van der Waals surface area contributed by atoms with Crippen LogP contribution in [0.5, 0.6) is 0 Å². The Labute approximate surface area is 91.6 Å². The molecule has 15 heavy (non-hydrogen) atoms. The van der Waals surface area contributed by atoms with Gasteiger partial charge in [0.25, 0.3) is 5.69 Å². The standard InChI is InChI=1S/C10H7ClN2O2/c1-7-2-3-8(9(11)4-5-12)6-10(7)13(14)15/h2-4,6H,1H3/b9-4-. The van der Waals surface area contributed by atoms with Gasteiger partial charge in [-0.2, -0.15) is 5.26 Å². The van der Waals surface area contributed by atoms with E-state index in [4.69, 9.17) is 16.9 Å². The molecule has 0 saturated heterocycles. The first-order valence-electron chi connectivity index (χ1n) is 4.07. The van der Waals surface area contributed by atoms with Crippen molar-refractivity contribution in [1.29, 1.82) is 5.26 Å². The Balaban J connectivity index is 3.26. The van der Waals surface area contributed by atoms with Crippen LogP contribution in [0, 0.1) is 28.4 Å². The van der Waals surface area contributed by atoms with Gasteiger partial charge in [0.15, 0.2) is 0 Å². The van der Waals surface area contributed by atoms with Crippen molar-refractivity contribution in [3.05, 3.63) is 45.5 Å². The van der Waals surface area contributed by atoms with Gasteiger partial charge >= 0.3 is 0 Å². The van der Waals surface area contributed by atoms with Crippen LogP contribution in [0.2, 0.25) is 0 Å². The maximum absolute atomic E-state index is 10.6. The van der Waals surface area contributed by atoms with Gasteiger partial charge in [0.05, 0.1) is 16.0 Å². The number of halogens is 1. The van der Waals surface area contributed by atoms with E-state index in [2.05, 4.69) is 0 Å². The van der Waals surface area contributed by atoms with Crippen LogP contribution in [-0.4, -0.2) is 4.92 Å². The summed E-state index contributed by atoms with van der Waals surface area (Å²) in [7, 11) is 0. The molecular formula is C10H7ClN2O2. The number of nitro benzene ring substituents is 1. The number of hydrogen-bond acceptors (Lipinski definition) is 3. The van der Waals surface area contributed by atoms with Crippen LogP contribution in [-0.2, 0) is 0 Å². The second-order valence-corrected chi connectivity index (χ2v) is 3.29. The molecule has 1 aromatic rings. The van der Waals surface area contributed by atoms with Crippen LogP contribution in [0.4, 0.5) is 5.69 Å². The van der Waals surface area contributed by atoms with Crippen molar-refractivity contribution in [1.82, 2.24) is 0 Å². The Kier molecular flexibility index (Phi) is 3.42. The molecule has 0 N–H and O–H groups in total. The van der Waals surface area contributed by atoms with E-state index in [1.807, 2.05) is 0 Å². The lowest BCUT2D eigenvalue weighted by molar-refractivity contribution is -0.385.